The summed E-state index contributed by atoms with van der Waals surface area (Å²) in [5.74, 6) is -0.0845. The molecule has 4 heteroatoms. The molecule has 2 aromatic rings. The van der Waals surface area contributed by atoms with Crippen LogP contribution < -0.4 is 0 Å². The molecule has 1 saturated heterocycles. The van der Waals surface area contributed by atoms with Crippen molar-refractivity contribution in [3.8, 4) is 11.1 Å². The average molecular weight is 616 g/mol. The molecule has 0 bridgehead atoms. The molecule has 2 aromatic carbocycles. The summed E-state index contributed by atoms with van der Waals surface area (Å²) in [4.78, 5) is 15.3. The van der Waals surface area contributed by atoms with E-state index in [1.165, 1.54) is 0 Å². The maximum Gasteiger partial charge on any atom is 0.0828 e. The number of carbonyl (C=O) groups excluding carboxylic acids is 1. The predicted octanol–water partition coefficient (Wildman–Crippen LogP) is 5.38. The molecule has 3 rings (SSSR count). The Bertz CT molecular complexity index is 732. The molecule has 1 aliphatic heterocycles. The Labute approximate surface area is 157 Å². The fraction of sp³-hybridized carbons (Fsp3) is 0.435. The van der Waals surface area contributed by atoms with E-state index in [1.54, 1.807) is 0 Å². The van der Waals surface area contributed by atoms with Gasteiger partial charge < -0.3 is 15.0 Å². The van der Waals surface area contributed by atoms with Gasteiger partial charge in [0.15, 0.2) is 0 Å². The van der Waals surface area contributed by atoms with Crippen LogP contribution in [0.2, 0.25) is 0 Å². The van der Waals surface area contributed by atoms with Crippen molar-refractivity contribution < 1.29 is 4.79 Å². The van der Waals surface area contributed by atoms with E-state index in [2.05, 4.69) is 31.0 Å². The van der Waals surface area contributed by atoms with Crippen molar-refractivity contribution in [1.82, 2.24) is 4.90 Å². The first-order valence-corrected chi connectivity index (χ1v) is 9.54. The summed E-state index contributed by atoms with van der Waals surface area (Å²) in [6.45, 7) is 9.97. The monoisotopic (exact) mass is 616 g/mol. The van der Waals surface area contributed by atoms with Crippen LogP contribution in [0.1, 0.15) is 44.0 Å². The van der Waals surface area contributed by atoms with E-state index in [-0.39, 0.29) is 11.9 Å². The molecule has 0 atom stereocenters. The van der Waals surface area contributed by atoms with E-state index < -0.39 is 0 Å². The van der Waals surface area contributed by atoms with Gasteiger partial charge in [0.25, 0.3) is 0 Å². The zero-order valence-corrected chi connectivity index (χ0v) is 23.2. The van der Waals surface area contributed by atoms with E-state index in [0.717, 1.165) is 43.6 Å². The van der Waals surface area contributed by atoms with Gasteiger partial charge in [-0.25, -0.2) is 0 Å². The van der Waals surface area contributed by atoms with Crippen LogP contribution in [-0.4, -0.2) is 36.5 Å². The van der Waals surface area contributed by atoms with Crippen LogP contribution in [-0.2, 0) is 0 Å². The maximum absolute atomic E-state index is 12.8. The quantitative estimate of drug-likeness (QED) is 0.463. The minimum Gasteiger partial charge on any atom is -0.646 e. The van der Waals surface area contributed by atoms with Crippen molar-refractivity contribution >= 4 is 5.91 Å². The number of likely N-dealkylation sites (tertiary alicyclic amines) is 1. The van der Waals surface area contributed by atoms with E-state index >= 15 is 0 Å². The molecule has 140 valence electrons. The van der Waals surface area contributed by atoms with E-state index in [1.807, 2.05) is 54.6 Å². The van der Waals surface area contributed by atoms with Crippen LogP contribution in [0.4, 0.5) is 0 Å². The van der Waals surface area contributed by atoms with Gasteiger partial charge in [-0.2, -0.15) is 0 Å². The van der Waals surface area contributed by atoms with Crippen molar-refractivity contribution in [3.63, 3.8) is 0 Å². The largest absolute Gasteiger partial charge is 0.646 e. The Morgan fingerprint density at radius 3 is 2.22 bits per heavy atom. The summed E-state index contributed by atoms with van der Waals surface area (Å²) in [6.07, 6.45) is 1.94. The number of nitrogens with zero attached hydrogens (tertiary/aromatic N) is 2. The average Bonchev–Trinajstić information content (AvgIpc) is 2.63. The number of benzene rings is 2. The molecule has 0 N–H and O–H groups in total. The Balaban J connectivity index is 0.00000261. The van der Waals surface area contributed by atoms with Gasteiger partial charge in [0.2, 0.25) is 0 Å². The number of amides is 1. The molecule has 1 amide bonds. The number of hydrogen-bond acceptors (Lipinski definition) is 2. The molecule has 27 heavy (non-hydrogen) atoms. The molecular weight excluding hydrogens is 587 g/mol. The second-order valence-electron chi connectivity index (χ2n) is 8.41. The Morgan fingerprint density at radius 2 is 1.59 bits per heavy atom. The molecule has 0 unspecified atom stereocenters. The van der Waals surface area contributed by atoms with Gasteiger partial charge in [-0.15, -0.1) is 6.04 Å². The first-order chi connectivity index (χ1) is 12.4. The summed E-state index contributed by atoms with van der Waals surface area (Å²) in [5, 5.41) is 4.56. The first-order valence-electron chi connectivity index (χ1n) is 9.54. The molecular formula is C23H29N2ORf-. The van der Waals surface area contributed by atoms with Crippen LogP contribution in [0, 0.1) is 5.41 Å². The number of hydrogen-bond donors (Lipinski definition) is 0. The van der Waals surface area contributed by atoms with Crippen molar-refractivity contribution in [1.29, 1.82) is 0 Å². The third-order valence-electron chi connectivity index (χ3n) is 4.80. The van der Waals surface area contributed by atoms with Crippen LogP contribution >= 0.6 is 0 Å². The van der Waals surface area contributed by atoms with Gasteiger partial charge >= 0.3 is 0 Å². The molecule has 0 spiro atoms. The Kier molecular flexibility index (Phi) is 6.36. The second-order valence-corrected chi connectivity index (χ2v) is 8.41. The molecule has 0 aromatic heterocycles. The van der Waals surface area contributed by atoms with Crippen molar-refractivity contribution in [2.24, 2.45) is 5.41 Å². The summed E-state index contributed by atoms with van der Waals surface area (Å²) in [6, 6.07) is 18.0. The third-order valence-corrected chi connectivity index (χ3v) is 4.80. The SMILES string of the molecule is CC(C)(C)CN1CCC([N-]C(=O)c2ccccc2-c2ccccc2)CC1.[Rf]. The fourth-order valence-electron chi connectivity index (χ4n) is 3.65. The van der Waals surface area contributed by atoms with Gasteiger partial charge in [-0.05, 0) is 29.6 Å². The van der Waals surface area contributed by atoms with Crippen molar-refractivity contribution in [2.75, 3.05) is 19.6 Å². The smallest absolute Gasteiger partial charge is 0.0828 e. The fourth-order valence-corrected chi connectivity index (χ4v) is 3.65. The predicted molar refractivity (Wildman–Crippen MR) is 108 cm³/mol. The minimum atomic E-state index is -0.0845. The van der Waals surface area contributed by atoms with E-state index in [0.29, 0.717) is 11.0 Å². The molecule has 0 saturated carbocycles. The third kappa shape index (κ3) is 5.42. The standard InChI is InChI=1S/C23H30N2O.Rf/c1-23(2,3)17-25-15-13-19(14-16-25)24-22(26)21-12-8-7-11-20(21)18-9-5-4-6-10-18;/h4-12,19H,13-17H2,1-3H3,(H,24,26);/p-1. The zero-order valence-electron chi connectivity index (χ0n) is 16.8. The van der Waals surface area contributed by atoms with Crippen LogP contribution in [0.3, 0.4) is 0 Å². The Hall–Kier alpha value is -3.13. The number of carbonyl (C=O) groups is 1. The zero-order chi connectivity index (χ0) is 18.6. The summed E-state index contributed by atoms with van der Waals surface area (Å²) >= 11 is 0. The minimum absolute atomic E-state index is 0. The molecule has 0 aliphatic carbocycles. The van der Waals surface area contributed by atoms with E-state index in [4.69, 9.17) is 0 Å². The van der Waals surface area contributed by atoms with Crippen LogP contribution in [0.25, 0.3) is 16.4 Å². The van der Waals surface area contributed by atoms with Gasteiger partial charge in [0.05, 0.1) is 5.91 Å². The normalized spacial score (nSPS) is 15.8. The molecule has 1 heterocycles. The van der Waals surface area contributed by atoms with Gasteiger partial charge in [0, 0.05) is 12.1 Å². The second kappa shape index (κ2) is 8.50. The van der Waals surface area contributed by atoms with Crippen molar-refractivity contribution in [3.05, 3.63) is 65.5 Å². The Morgan fingerprint density at radius 1 is 1.00 bits per heavy atom. The summed E-state index contributed by atoms with van der Waals surface area (Å²) in [7, 11) is 0. The van der Waals surface area contributed by atoms with Gasteiger partial charge in [-0.1, -0.05) is 88.2 Å². The van der Waals surface area contributed by atoms with Gasteiger partial charge in [-0.3, -0.25) is 0 Å². The molecule has 1 aliphatic rings. The molecule has 3 nitrogen and oxygen atoms in total. The first kappa shape index (κ1) is 20.2. The van der Waals surface area contributed by atoms with E-state index in [9.17, 15) is 4.79 Å². The summed E-state index contributed by atoms with van der Waals surface area (Å²) in [5.41, 5.74) is 3.04. The summed E-state index contributed by atoms with van der Waals surface area (Å²) < 4.78 is 0. The van der Waals surface area contributed by atoms with Gasteiger partial charge in [0.1, 0.15) is 0 Å². The van der Waals surface area contributed by atoms with Crippen LogP contribution in [0.15, 0.2) is 54.6 Å². The number of rotatable bonds is 4. The molecule has 0 radical (unpaired) electrons. The maximum atomic E-state index is 12.8. The topological polar surface area (TPSA) is 34.4 Å². The van der Waals surface area contributed by atoms with Crippen LogP contribution in [0.5, 0.6) is 0 Å². The molecule has 1 fully saturated rings. The number of piperidine rings is 1. The van der Waals surface area contributed by atoms with Crippen molar-refractivity contribution in [2.45, 2.75) is 39.7 Å².